The summed E-state index contributed by atoms with van der Waals surface area (Å²) >= 11 is -1.65. The quantitative estimate of drug-likeness (QED) is 0.339. The second-order valence-electron chi connectivity index (χ2n) is 8.62. The van der Waals surface area contributed by atoms with Crippen LogP contribution in [0.1, 0.15) is 55.2 Å². The van der Waals surface area contributed by atoms with Gasteiger partial charge in [-0.25, -0.2) is 10.2 Å². The smallest absolute Gasteiger partial charge is 0.387 e. The number of hydrogen-bond acceptors (Lipinski definition) is 5. The van der Waals surface area contributed by atoms with Gasteiger partial charge in [0.1, 0.15) is 5.75 Å². The summed E-state index contributed by atoms with van der Waals surface area (Å²) in [5.74, 6) is 0.224. The normalized spacial score (nSPS) is 14.6. The number of ether oxygens (including phenoxy) is 1. The number of alkyl halides is 2. The zero-order valence-electron chi connectivity index (χ0n) is 19.2. The van der Waals surface area contributed by atoms with Crippen LogP contribution in [0.3, 0.4) is 0 Å². The summed E-state index contributed by atoms with van der Waals surface area (Å²) in [5, 5.41) is 2.80. The van der Waals surface area contributed by atoms with E-state index in [0.29, 0.717) is 16.1 Å². The highest BCUT2D eigenvalue weighted by molar-refractivity contribution is 7.89. The molecule has 0 saturated heterocycles. The van der Waals surface area contributed by atoms with Crippen molar-refractivity contribution in [3.8, 4) is 5.75 Å². The largest absolute Gasteiger partial charge is 0.592 e. The van der Waals surface area contributed by atoms with Crippen LogP contribution in [0.4, 0.5) is 19.3 Å². The summed E-state index contributed by atoms with van der Waals surface area (Å²) in [6.45, 7) is 1.67. The van der Waals surface area contributed by atoms with Gasteiger partial charge in [0.05, 0.1) is 11.4 Å². The van der Waals surface area contributed by atoms with Crippen LogP contribution in [0.5, 0.6) is 5.75 Å². The third-order valence-electron chi connectivity index (χ3n) is 5.17. The first-order chi connectivity index (χ1) is 15.6. The van der Waals surface area contributed by atoms with E-state index < -0.39 is 24.0 Å². The fraction of sp³-hybridized carbons (Fsp3) is 0.435. The fourth-order valence-corrected chi connectivity index (χ4v) is 4.21. The molecule has 33 heavy (non-hydrogen) atoms. The van der Waals surface area contributed by atoms with Crippen molar-refractivity contribution in [2.45, 2.75) is 56.6 Å². The van der Waals surface area contributed by atoms with Gasteiger partial charge in [0.15, 0.2) is 4.90 Å². The molecule has 1 aliphatic rings. The zero-order chi connectivity index (χ0) is 24.1. The van der Waals surface area contributed by atoms with Gasteiger partial charge in [0.25, 0.3) is 0 Å². The van der Waals surface area contributed by atoms with Gasteiger partial charge in [0.2, 0.25) is 0 Å². The Bertz CT molecular complexity index is 930. The van der Waals surface area contributed by atoms with Gasteiger partial charge < -0.3 is 19.5 Å². The van der Waals surface area contributed by atoms with Gasteiger partial charge in [-0.2, -0.15) is 8.78 Å². The minimum Gasteiger partial charge on any atom is -0.592 e. The maximum absolute atomic E-state index is 12.8. The molecule has 0 aromatic heterocycles. The van der Waals surface area contributed by atoms with Crippen LogP contribution in [0.2, 0.25) is 0 Å². The number of hydrazine groups is 1. The highest BCUT2D eigenvalue weighted by Gasteiger charge is 2.30. The van der Waals surface area contributed by atoms with E-state index in [9.17, 15) is 18.1 Å². The Balaban J connectivity index is 1.68. The predicted molar refractivity (Wildman–Crippen MR) is 125 cm³/mol. The summed E-state index contributed by atoms with van der Waals surface area (Å²) < 4.78 is 42.7. The van der Waals surface area contributed by atoms with Gasteiger partial charge in [-0.1, -0.05) is 26.0 Å². The summed E-state index contributed by atoms with van der Waals surface area (Å²) in [4.78, 5) is 17.6. The average Bonchev–Trinajstić information content (AvgIpc) is 3.57. The molecule has 0 unspecified atom stereocenters. The number of amides is 2. The van der Waals surface area contributed by atoms with Crippen molar-refractivity contribution in [3.05, 3.63) is 53.1 Å². The minimum atomic E-state index is -2.92. The number of benzene rings is 2. The molecule has 2 aromatic carbocycles. The molecular formula is C23H30F2N4O3S. The van der Waals surface area contributed by atoms with Crippen molar-refractivity contribution >= 4 is 23.1 Å². The van der Waals surface area contributed by atoms with Crippen molar-refractivity contribution in [1.29, 1.82) is 0 Å². The van der Waals surface area contributed by atoms with E-state index in [1.54, 1.807) is 18.2 Å². The van der Waals surface area contributed by atoms with Crippen molar-refractivity contribution in [2.24, 2.45) is 0 Å². The van der Waals surface area contributed by atoms with Crippen LogP contribution >= 0.6 is 0 Å². The van der Waals surface area contributed by atoms with Crippen molar-refractivity contribution < 1.29 is 22.9 Å². The van der Waals surface area contributed by atoms with E-state index in [1.807, 2.05) is 45.0 Å². The van der Waals surface area contributed by atoms with Gasteiger partial charge in [-0.05, 0) is 84.6 Å². The highest BCUT2D eigenvalue weighted by Crippen LogP contribution is 2.47. The van der Waals surface area contributed by atoms with E-state index in [1.165, 1.54) is 6.07 Å². The Kier molecular flexibility index (Phi) is 8.52. The topological polar surface area (TPSA) is 88.7 Å². The molecule has 180 valence electrons. The molecule has 2 amide bonds. The monoisotopic (exact) mass is 480 g/mol. The number of carbonyl (C=O) groups is 1. The highest BCUT2D eigenvalue weighted by atomic mass is 32.2. The number of halogens is 2. The summed E-state index contributed by atoms with van der Waals surface area (Å²) in [6.07, 6.45) is 1.83. The molecule has 0 heterocycles. The summed E-state index contributed by atoms with van der Waals surface area (Å²) in [6, 6.07) is 9.74. The number of nitrogens with zero attached hydrogens (tertiary/aromatic N) is 1. The van der Waals surface area contributed by atoms with Crippen LogP contribution < -0.4 is 20.3 Å². The number of carbonyl (C=O) groups excluding carboxylic acids is 1. The molecule has 1 saturated carbocycles. The lowest BCUT2D eigenvalue weighted by Gasteiger charge is -2.20. The first kappa shape index (κ1) is 25.2. The first-order valence-corrected chi connectivity index (χ1v) is 11.9. The second-order valence-corrected chi connectivity index (χ2v) is 9.83. The molecule has 1 atom stereocenters. The Morgan fingerprint density at radius 1 is 1.21 bits per heavy atom. The number of hydrogen-bond donors (Lipinski definition) is 3. The maximum atomic E-state index is 12.8. The lowest BCUT2D eigenvalue weighted by Crippen LogP contribution is -2.44. The van der Waals surface area contributed by atoms with Crippen LogP contribution in [0.25, 0.3) is 0 Å². The summed E-state index contributed by atoms with van der Waals surface area (Å²) in [5.41, 5.74) is 5.54. The molecule has 0 radical (unpaired) electrons. The molecule has 0 bridgehead atoms. The maximum Gasteiger partial charge on any atom is 0.387 e. The van der Waals surface area contributed by atoms with Crippen LogP contribution in [-0.2, 0) is 17.9 Å². The standard InChI is InChI=1S/C23H30F2N4O3S/c1-14(2)19-11-17(32-22(24)25)12-20(16-7-8-16)21(19)26-23(30)27-28-33(31)18-9-5-15(6-10-18)13-29(3)4/h5-6,9-12,14,16,22,28H,7-8,13H2,1-4H3,(H2,26,27,30)/t33-/m1/s1. The lowest BCUT2D eigenvalue weighted by molar-refractivity contribution is -0.0499. The molecule has 2 aromatic rings. The Hall–Kier alpha value is -2.40. The average molecular weight is 481 g/mol. The molecule has 7 nitrogen and oxygen atoms in total. The van der Waals surface area contributed by atoms with E-state index in [2.05, 4.69) is 20.3 Å². The molecule has 3 N–H and O–H groups in total. The summed E-state index contributed by atoms with van der Waals surface area (Å²) in [7, 11) is 3.93. The van der Waals surface area contributed by atoms with E-state index in [4.69, 9.17) is 0 Å². The Morgan fingerprint density at radius 3 is 2.42 bits per heavy atom. The van der Waals surface area contributed by atoms with Crippen molar-refractivity contribution in [1.82, 2.24) is 15.2 Å². The van der Waals surface area contributed by atoms with E-state index in [-0.39, 0.29) is 17.6 Å². The Labute approximate surface area is 196 Å². The number of rotatable bonds is 10. The van der Waals surface area contributed by atoms with Crippen molar-refractivity contribution in [2.75, 3.05) is 19.4 Å². The van der Waals surface area contributed by atoms with Gasteiger partial charge in [-0.15, -0.1) is 0 Å². The molecule has 1 aliphatic carbocycles. The molecule has 0 spiro atoms. The molecule has 10 heteroatoms. The van der Waals surface area contributed by atoms with Crippen molar-refractivity contribution in [3.63, 3.8) is 0 Å². The van der Waals surface area contributed by atoms with Gasteiger partial charge in [-0.3, -0.25) is 0 Å². The predicted octanol–water partition coefficient (Wildman–Crippen LogP) is 4.70. The first-order valence-electron chi connectivity index (χ1n) is 10.7. The van der Waals surface area contributed by atoms with E-state index >= 15 is 0 Å². The van der Waals surface area contributed by atoms with Gasteiger partial charge in [0, 0.05) is 12.2 Å². The third kappa shape index (κ3) is 7.29. The van der Waals surface area contributed by atoms with E-state index in [0.717, 1.165) is 30.5 Å². The number of urea groups is 1. The number of nitrogens with one attached hydrogen (secondary N) is 3. The molecule has 3 rings (SSSR count). The number of anilines is 1. The zero-order valence-corrected chi connectivity index (χ0v) is 20.0. The fourth-order valence-electron chi connectivity index (χ4n) is 3.53. The molecule has 1 fully saturated rings. The van der Waals surface area contributed by atoms with Gasteiger partial charge >= 0.3 is 12.6 Å². The SMILES string of the molecule is CC(C)c1cc(OC(F)F)cc(C2CC2)c1NC(=O)NN[S@+]([O-])c1ccc(CN(C)C)cc1. The molecule has 0 aliphatic heterocycles. The minimum absolute atomic E-state index is 0.0400. The Morgan fingerprint density at radius 2 is 1.88 bits per heavy atom. The van der Waals surface area contributed by atoms with Crippen LogP contribution in [0.15, 0.2) is 41.3 Å². The third-order valence-corrected chi connectivity index (χ3v) is 6.16. The lowest BCUT2D eigenvalue weighted by atomic mass is 9.95. The second kappa shape index (κ2) is 11.1. The molecular weight excluding hydrogens is 450 g/mol. The van der Waals surface area contributed by atoms with Crippen LogP contribution in [-0.4, -0.2) is 36.2 Å². The van der Waals surface area contributed by atoms with Crippen LogP contribution in [0, 0.1) is 0 Å².